The molecule has 3 N–H and O–H groups in total. The van der Waals surface area contributed by atoms with E-state index in [9.17, 15) is 31.2 Å². The molecule has 0 saturated heterocycles. The molecule has 0 bridgehead atoms. The Morgan fingerprint density at radius 2 is 1.73 bits per heavy atom. The van der Waals surface area contributed by atoms with Crippen molar-refractivity contribution in [3.05, 3.63) is 82.9 Å². The van der Waals surface area contributed by atoms with E-state index in [1.807, 2.05) is 13.8 Å². The fraction of sp³-hybridized carbons (Fsp3) is 0.321. The van der Waals surface area contributed by atoms with Crippen LogP contribution in [0.15, 0.2) is 59.8 Å². The summed E-state index contributed by atoms with van der Waals surface area (Å²) in [4.78, 5) is 29.1. The van der Waals surface area contributed by atoms with E-state index in [-0.39, 0.29) is 51.9 Å². The van der Waals surface area contributed by atoms with Crippen molar-refractivity contribution < 1.29 is 31.2 Å². The number of hydrogen-bond donors (Lipinski definition) is 3. The molecule has 1 aromatic heterocycles. The molecule has 3 amide bonds. The van der Waals surface area contributed by atoms with Crippen molar-refractivity contribution in [3.8, 4) is 0 Å². The van der Waals surface area contributed by atoms with Crippen LogP contribution in [0.2, 0.25) is 5.02 Å². The fourth-order valence-corrected chi connectivity index (χ4v) is 7.66. The number of nitrogens with one attached hydrogen (secondary N) is 3. The van der Waals surface area contributed by atoms with Crippen molar-refractivity contribution in [1.29, 1.82) is 0 Å². The number of aromatic nitrogens is 1. The highest BCUT2D eigenvalue weighted by molar-refractivity contribution is 7.92. The zero-order chi connectivity index (χ0) is 29.9. The minimum Gasteiger partial charge on any atom is -0.335 e. The molecule has 0 radical (unpaired) electrons. The van der Waals surface area contributed by atoms with Gasteiger partial charge in [0.15, 0.2) is 27.3 Å². The molecule has 0 spiro atoms. The first-order valence-corrected chi connectivity index (χ1v) is 14.8. The largest absolute Gasteiger partial charge is 0.335 e. The molecule has 1 saturated carbocycles. The van der Waals surface area contributed by atoms with E-state index in [2.05, 4.69) is 20.9 Å². The number of rotatable bonds is 7. The molecule has 1 aliphatic carbocycles. The van der Waals surface area contributed by atoms with E-state index in [4.69, 9.17) is 11.6 Å². The number of urea groups is 1. The number of anilines is 2. The number of benzene rings is 2. The Hall–Kier alpha value is -3.64. The van der Waals surface area contributed by atoms with E-state index in [1.165, 1.54) is 18.3 Å². The van der Waals surface area contributed by atoms with Crippen LogP contribution in [0.5, 0.6) is 0 Å². The summed E-state index contributed by atoms with van der Waals surface area (Å²) < 4.78 is 68.0. The third-order valence-electron chi connectivity index (χ3n) is 7.24. The summed E-state index contributed by atoms with van der Waals surface area (Å²) in [6.07, 6.45) is 4.19. The van der Waals surface area contributed by atoms with Crippen molar-refractivity contribution in [3.63, 3.8) is 0 Å². The molecule has 0 aliphatic heterocycles. The standard InChI is InChI=1S/C28H28ClF3N4O4S/c1-3-16-10-20(9-15(2)26(16)36-28(38)35-18-5-4-8-33-14-18)41(39,40)24-11-17(6-7-21(24)29)27(37)34-19-12-22(30)25(32)23(31)13-19/h4-8,11-16,20,26H,3,9-10H2,1-2H3,(H,34,37)(H2,35,36,38)/t15-,16?,20-,26?/m0/s1. The summed E-state index contributed by atoms with van der Waals surface area (Å²) in [5.74, 6) is -5.89. The number of carbonyl (C=O) groups is 2. The van der Waals surface area contributed by atoms with Gasteiger partial charge in [-0.1, -0.05) is 31.9 Å². The maximum atomic E-state index is 13.8. The lowest BCUT2D eigenvalue weighted by Crippen LogP contribution is -2.51. The number of carbonyl (C=O) groups excluding carboxylic acids is 2. The van der Waals surface area contributed by atoms with Crippen molar-refractivity contribution >= 4 is 44.8 Å². The van der Waals surface area contributed by atoms with Crippen molar-refractivity contribution in [2.24, 2.45) is 11.8 Å². The van der Waals surface area contributed by atoms with Gasteiger partial charge in [-0.2, -0.15) is 0 Å². The second kappa shape index (κ2) is 12.5. The average molecular weight is 609 g/mol. The van der Waals surface area contributed by atoms with E-state index in [0.29, 0.717) is 24.2 Å². The highest BCUT2D eigenvalue weighted by Gasteiger charge is 2.42. The van der Waals surface area contributed by atoms with Gasteiger partial charge in [0.1, 0.15) is 0 Å². The zero-order valence-corrected chi connectivity index (χ0v) is 23.7. The first-order valence-electron chi connectivity index (χ1n) is 12.9. The predicted molar refractivity (Wildman–Crippen MR) is 149 cm³/mol. The fourth-order valence-electron chi connectivity index (χ4n) is 5.17. The van der Waals surface area contributed by atoms with Gasteiger partial charge in [-0.15, -0.1) is 0 Å². The van der Waals surface area contributed by atoms with Crippen LogP contribution in [0.25, 0.3) is 0 Å². The summed E-state index contributed by atoms with van der Waals surface area (Å²) >= 11 is 6.28. The lowest BCUT2D eigenvalue weighted by Gasteiger charge is -2.40. The molecule has 8 nitrogen and oxygen atoms in total. The Morgan fingerprint density at radius 3 is 2.37 bits per heavy atom. The molecular formula is C28H28ClF3N4O4S. The zero-order valence-electron chi connectivity index (χ0n) is 22.1. The number of halogens is 4. The van der Waals surface area contributed by atoms with Gasteiger partial charge in [-0.3, -0.25) is 9.78 Å². The van der Waals surface area contributed by atoms with Crippen molar-refractivity contribution in [2.45, 2.75) is 49.3 Å². The summed E-state index contributed by atoms with van der Waals surface area (Å²) in [5, 5.41) is 7.01. The Labute approximate surface area is 240 Å². The highest BCUT2D eigenvalue weighted by atomic mass is 35.5. The van der Waals surface area contributed by atoms with Gasteiger partial charge in [-0.05, 0) is 55.0 Å². The second-order valence-electron chi connectivity index (χ2n) is 10.0. The summed E-state index contributed by atoms with van der Waals surface area (Å²) in [7, 11) is -4.04. The number of hydrogen-bond acceptors (Lipinski definition) is 5. The van der Waals surface area contributed by atoms with E-state index in [1.54, 1.807) is 18.3 Å². The van der Waals surface area contributed by atoms with Gasteiger partial charge >= 0.3 is 6.03 Å². The lowest BCUT2D eigenvalue weighted by atomic mass is 9.76. The maximum absolute atomic E-state index is 13.8. The molecule has 218 valence electrons. The minimum absolute atomic E-state index is 0.0859. The average Bonchev–Trinajstić information content (AvgIpc) is 2.93. The molecule has 1 fully saturated rings. The first kappa shape index (κ1) is 30.3. The summed E-state index contributed by atoms with van der Waals surface area (Å²) in [6, 6.07) is 7.54. The molecular weight excluding hydrogens is 581 g/mol. The van der Waals surface area contributed by atoms with Gasteiger partial charge in [0.05, 0.1) is 27.1 Å². The molecule has 1 aliphatic rings. The van der Waals surface area contributed by atoms with E-state index < -0.39 is 44.5 Å². The first-order chi connectivity index (χ1) is 19.4. The van der Waals surface area contributed by atoms with Gasteiger partial charge in [0, 0.05) is 35.6 Å². The molecule has 1 heterocycles. The van der Waals surface area contributed by atoms with Crippen LogP contribution in [-0.2, 0) is 9.84 Å². The second-order valence-corrected chi connectivity index (χ2v) is 12.6. The minimum atomic E-state index is -4.04. The van der Waals surface area contributed by atoms with Crippen LogP contribution in [0, 0.1) is 29.3 Å². The van der Waals surface area contributed by atoms with Crippen molar-refractivity contribution in [2.75, 3.05) is 10.6 Å². The Balaban J connectivity index is 1.51. The van der Waals surface area contributed by atoms with Crippen LogP contribution < -0.4 is 16.0 Å². The van der Waals surface area contributed by atoms with Crippen molar-refractivity contribution in [1.82, 2.24) is 10.3 Å². The number of amides is 3. The van der Waals surface area contributed by atoms with Gasteiger partial charge in [-0.25, -0.2) is 26.4 Å². The van der Waals surface area contributed by atoms with Crippen LogP contribution in [-0.4, -0.2) is 36.6 Å². The van der Waals surface area contributed by atoms with E-state index >= 15 is 0 Å². The monoisotopic (exact) mass is 608 g/mol. The Morgan fingerprint density at radius 1 is 1.02 bits per heavy atom. The highest BCUT2D eigenvalue weighted by Crippen LogP contribution is 2.39. The lowest BCUT2D eigenvalue weighted by molar-refractivity contribution is 0.102. The predicted octanol–water partition coefficient (Wildman–Crippen LogP) is 6.19. The van der Waals surface area contributed by atoms with Crippen LogP contribution in [0.1, 0.15) is 43.5 Å². The molecule has 13 heteroatoms. The third-order valence-corrected chi connectivity index (χ3v) is 9.90. The third kappa shape index (κ3) is 6.82. The topological polar surface area (TPSA) is 117 Å². The van der Waals surface area contributed by atoms with Gasteiger partial charge in [0.2, 0.25) is 0 Å². The molecule has 2 unspecified atom stereocenters. The number of nitrogens with zero attached hydrogens (tertiary/aromatic N) is 1. The van der Waals surface area contributed by atoms with Gasteiger partial charge in [0.25, 0.3) is 5.91 Å². The summed E-state index contributed by atoms with van der Waals surface area (Å²) in [5.41, 5.74) is 0.0552. The summed E-state index contributed by atoms with van der Waals surface area (Å²) in [6.45, 7) is 3.78. The SMILES string of the molecule is CCC1C[C@@H](S(=O)(=O)c2cc(C(=O)Nc3cc(F)c(F)c(F)c3)ccc2Cl)C[C@H](C)C1NC(=O)Nc1cccnc1. The quantitative estimate of drug-likeness (QED) is 0.276. The molecule has 4 atom stereocenters. The van der Waals surface area contributed by atoms with Crippen LogP contribution in [0.4, 0.5) is 29.3 Å². The smallest absolute Gasteiger partial charge is 0.319 e. The maximum Gasteiger partial charge on any atom is 0.319 e. The number of pyridine rings is 1. The molecule has 4 rings (SSSR count). The van der Waals surface area contributed by atoms with Gasteiger partial charge < -0.3 is 16.0 Å². The molecule has 41 heavy (non-hydrogen) atoms. The Bertz CT molecular complexity index is 1540. The molecule has 2 aromatic carbocycles. The van der Waals surface area contributed by atoms with Crippen LogP contribution >= 0.6 is 11.6 Å². The Kier molecular flexibility index (Phi) is 9.23. The molecule has 3 aromatic rings. The van der Waals surface area contributed by atoms with Crippen LogP contribution in [0.3, 0.4) is 0 Å². The normalized spacial score (nSPS) is 20.7. The number of sulfone groups is 1. The van der Waals surface area contributed by atoms with E-state index in [0.717, 1.165) is 6.07 Å².